The van der Waals surface area contributed by atoms with Gasteiger partial charge in [0.15, 0.2) is 0 Å². The number of carbonyl (C=O) groups excluding carboxylic acids is 1. The summed E-state index contributed by atoms with van der Waals surface area (Å²) in [5, 5.41) is 0. The molecule has 0 amide bonds. The standard InChI is InChI=1S/C10H11NO3/c1-14-10(13)7-4-5-8(12)11-9(7)6-2-3-6/h4-6H,2-3H2,1H3,(H,11,12). The fourth-order valence-corrected chi connectivity index (χ4v) is 1.47. The highest BCUT2D eigenvalue weighted by Gasteiger charge is 2.29. The molecule has 0 spiro atoms. The molecule has 1 aliphatic carbocycles. The van der Waals surface area contributed by atoms with Gasteiger partial charge in [0.2, 0.25) is 5.56 Å². The van der Waals surface area contributed by atoms with Crippen molar-refractivity contribution in [2.75, 3.05) is 7.11 Å². The number of hydrogen-bond acceptors (Lipinski definition) is 3. The second-order valence-corrected chi connectivity index (χ2v) is 3.42. The topological polar surface area (TPSA) is 59.2 Å². The van der Waals surface area contributed by atoms with Gasteiger partial charge in [-0.25, -0.2) is 4.79 Å². The van der Waals surface area contributed by atoms with E-state index < -0.39 is 0 Å². The van der Waals surface area contributed by atoms with Gasteiger partial charge in [0.05, 0.1) is 12.7 Å². The molecule has 0 aliphatic heterocycles. The summed E-state index contributed by atoms with van der Waals surface area (Å²) in [5.74, 6) is -0.0545. The lowest BCUT2D eigenvalue weighted by Gasteiger charge is -2.05. The quantitative estimate of drug-likeness (QED) is 0.714. The van der Waals surface area contributed by atoms with E-state index >= 15 is 0 Å². The zero-order valence-corrected chi connectivity index (χ0v) is 7.87. The minimum atomic E-state index is -0.386. The number of aromatic nitrogens is 1. The molecule has 0 atom stereocenters. The molecule has 1 N–H and O–H groups in total. The summed E-state index contributed by atoms with van der Waals surface area (Å²) in [5.41, 5.74) is 1.04. The molecule has 74 valence electrons. The molecule has 1 aromatic rings. The van der Waals surface area contributed by atoms with Gasteiger partial charge in [0, 0.05) is 17.7 Å². The number of esters is 1. The smallest absolute Gasteiger partial charge is 0.339 e. The Morgan fingerprint density at radius 1 is 1.50 bits per heavy atom. The summed E-state index contributed by atoms with van der Waals surface area (Å²) < 4.78 is 4.63. The van der Waals surface area contributed by atoms with Crippen LogP contribution in [-0.2, 0) is 4.74 Å². The number of hydrogen-bond donors (Lipinski definition) is 1. The molecular weight excluding hydrogens is 182 g/mol. The van der Waals surface area contributed by atoms with Crippen molar-refractivity contribution in [3.8, 4) is 0 Å². The average molecular weight is 193 g/mol. The van der Waals surface area contributed by atoms with Crippen molar-refractivity contribution in [2.45, 2.75) is 18.8 Å². The number of aromatic amines is 1. The second kappa shape index (κ2) is 3.29. The lowest BCUT2D eigenvalue weighted by atomic mass is 10.1. The number of nitrogens with one attached hydrogen (secondary N) is 1. The predicted octanol–water partition coefficient (Wildman–Crippen LogP) is 1.04. The summed E-state index contributed by atoms with van der Waals surface area (Å²) in [7, 11) is 1.34. The van der Waals surface area contributed by atoms with Crippen LogP contribution in [0.1, 0.15) is 34.8 Å². The highest BCUT2D eigenvalue weighted by atomic mass is 16.5. The van der Waals surface area contributed by atoms with E-state index in [9.17, 15) is 9.59 Å². The van der Waals surface area contributed by atoms with Gasteiger partial charge in [-0.3, -0.25) is 4.79 Å². The molecular formula is C10H11NO3. The third-order valence-electron chi connectivity index (χ3n) is 2.34. The van der Waals surface area contributed by atoms with Crippen molar-refractivity contribution < 1.29 is 9.53 Å². The molecule has 1 fully saturated rings. The molecule has 1 aliphatic rings. The fourth-order valence-electron chi connectivity index (χ4n) is 1.47. The number of carbonyl (C=O) groups is 1. The maximum Gasteiger partial charge on any atom is 0.339 e. The highest BCUT2D eigenvalue weighted by Crippen LogP contribution is 2.40. The Morgan fingerprint density at radius 3 is 2.79 bits per heavy atom. The van der Waals surface area contributed by atoms with Gasteiger partial charge in [0.1, 0.15) is 0 Å². The zero-order valence-electron chi connectivity index (χ0n) is 7.87. The van der Waals surface area contributed by atoms with Gasteiger partial charge in [-0.2, -0.15) is 0 Å². The Morgan fingerprint density at radius 2 is 2.21 bits per heavy atom. The first-order valence-corrected chi connectivity index (χ1v) is 4.54. The number of rotatable bonds is 2. The van der Waals surface area contributed by atoms with Crippen LogP contribution in [0.15, 0.2) is 16.9 Å². The zero-order chi connectivity index (χ0) is 10.1. The number of methoxy groups -OCH3 is 1. The van der Waals surface area contributed by atoms with E-state index in [0.29, 0.717) is 11.5 Å². The number of ether oxygens (including phenoxy) is 1. The van der Waals surface area contributed by atoms with E-state index in [0.717, 1.165) is 18.5 Å². The molecule has 0 aromatic carbocycles. The summed E-state index contributed by atoms with van der Waals surface area (Å²) in [4.78, 5) is 25.1. The Bertz CT molecular complexity index is 418. The van der Waals surface area contributed by atoms with Crippen LogP contribution in [0.3, 0.4) is 0 Å². The van der Waals surface area contributed by atoms with Gasteiger partial charge in [-0.05, 0) is 18.9 Å². The molecule has 1 heterocycles. The molecule has 1 saturated carbocycles. The predicted molar refractivity (Wildman–Crippen MR) is 50.4 cm³/mol. The molecule has 14 heavy (non-hydrogen) atoms. The minimum absolute atomic E-state index is 0.167. The Kier molecular flexibility index (Phi) is 2.11. The molecule has 0 unspecified atom stereocenters. The molecule has 2 rings (SSSR count). The molecule has 0 radical (unpaired) electrons. The Labute approximate surface area is 80.9 Å². The van der Waals surface area contributed by atoms with E-state index in [4.69, 9.17) is 0 Å². The van der Waals surface area contributed by atoms with Crippen molar-refractivity contribution in [3.63, 3.8) is 0 Å². The highest BCUT2D eigenvalue weighted by molar-refractivity contribution is 5.90. The van der Waals surface area contributed by atoms with Gasteiger partial charge in [0.25, 0.3) is 0 Å². The average Bonchev–Trinajstić information content (AvgIpc) is 3.00. The van der Waals surface area contributed by atoms with Crippen LogP contribution < -0.4 is 5.56 Å². The third kappa shape index (κ3) is 1.55. The van der Waals surface area contributed by atoms with Gasteiger partial charge < -0.3 is 9.72 Å². The maximum atomic E-state index is 11.3. The number of H-pyrrole nitrogens is 1. The third-order valence-corrected chi connectivity index (χ3v) is 2.34. The van der Waals surface area contributed by atoms with Crippen LogP contribution in [0.4, 0.5) is 0 Å². The maximum absolute atomic E-state index is 11.3. The molecule has 4 heteroatoms. The second-order valence-electron chi connectivity index (χ2n) is 3.42. The normalized spacial score (nSPS) is 15.2. The first-order valence-electron chi connectivity index (χ1n) is 4.54. The van der Waals surface area contributed by atoms with E-state index in [1.54, 1.807) is 0 Å². The Balaban J connectivity index is 2.47. The van der Waals surface area contributed by atoms with Crippen LogP contribution in [-0.4, -0.2) is 18.1 Å². The summed E-state index contributed by atoms with van der Waals surface area (Å²) in [6.45, 7) is 0. The van der Waals surface area contributed by atoms with Crippen molar-refractivity contribution >= 4 is 5.97 Å². The van der Waals surface area contributed by atoms with Crippen molar-refractivity contribution in [1.29, 1.82) is 0 Å². The van der Waals surface area contributed by atoms with E-state index in [2.05, 4.69) is 9.72 Å². The van der Waals surface area contributed by atoms with Crippen LogP contribution in [0, 0.1) is 0 Å². The monoisotopic (exact) mass is 193 g/mol. The summed E-state index contributed by atoms with van der Waals surface area (Å²) in [6.07, 6.45) is 2.06. The van der Waals surface area contributed by atoms with Crippen molar-refractivity contribution in [2.24, 2.45) is 0 Å². The minimum Gasteiger partial charge on any atom is -0.465 e. The van der Waals surface area contributed by atoms with Crippen molar-refractivity contribution in [1.82, 2.24) is 4.98 Å². The van der Waals surface area contributed by atoms with Crippen LogP contribution in [0.25, 0.3) is 0 Å². The number of pyridine rings is 1. The summed E-state index contributed by atoms with van der Waals surface area (Å²) in [6, 6.07) is 2.87. The van der Waals surface area contributed by atoms with Gasteiger partial charge in [-0.1, -0.05) is 0 Å². The van der Waals surface area contributed by atoms with Crippen LogP contribution in [0.2, 0.25) is 0 Å². The molecule has 0 saturated heterocycles. The SMILES string of the molecule is COC(=O)c1ccc(=O)[nH]c1C1CC1. The summed E-state index contributed by atoms with van der Waals surface area (Å²) >= 11 is 0. The van der Waals surface area contributed by atoms with Gasteiger partial charge in [-0.15, -0.1) is 0 Å². The molecule has 0 bridgehead atoms. The lowest BCUT2D eigenvalue weighted by Crippen LogP contribution is -2.13. The van der Waals surface area contributed by atoms with Crippen LogP contribution in [0.5, 0.6) is 0 Å². The first kappa shape index (κ1) is 8.99. The largest absolute Gasteiger partial charge is 0.465 e. The van der Waals surface area contributed by atoms with Crippen LogP contribution >= 0.6 is 0 Å². The lowest BCUT2D eigenvalue weighted by molar-refractivity contribution is 0.0598. The molecule has 1 aromatic heterocycles. The Hall–Kier alpha value is -1.58. The fraction of sp³-hybridized carbons (Fsp3) is 0.400. The van der Waals surface area contributed by atoms with Gasteiger partial charge >= 0.3 is 5.97 Å². The van der Waals surface area contributed by atoms with E-state index in [-0.39, 0.29) is 11.5 Å². The first-order chi connectivity index (χ1) is 6.72. The molecule has 4 nitrogen and oxygen atoms in total. The van der Waals surface area contributed by atoms with E-state index in [1.165, 1.54) is 19.2 Å². The van der Waals surface area contributed by atoms with E-state index in [1.807, 2.05) is 0 Å². The van der Waals surface area contributed by atoms with Crippen molar-refractivity contribution in [3.05, 3.63) is 33.7 Å².